The second-order valence-corrected chi connectivity index (χ2v) is 26.2. The SMILES string of the molecule is Cc1cc2c3c(c1)N(c1c(-c4ccccc4)ccc4c1OCCO4)c1ccc(C(C)(C)C)cc1B3c1ccc(-c3ccc(C(C)(C)C)cc3)cc1N2c1cc(-c2ccc(C(C)(C)C)cc2)cc(-c2ccc(C(C)(C)C)cc2)c1. The Labute approximate surface area is 464 Å². The van der Waals surface area contributed by atoms with Crippen LogP contribution in [0.4, 0.5) is 34.1 Å². The van der Waals surface area contributed by atoms with Gasteiger partial charge in [-0.1, -0.05) is 210 Å². The predicted octanol–water partition coefficient (Wildman–Crippen LogP) is 17.7. The van der Waals surface area contributed by atoms with Gasteiger partial charge in [0.15, 0.2) is 11.5 Å². The fourth-order valence-corrected chi connectivity index (χ4v) is 12.0. The Kier molecular flexibility index (Phi) is 12.2. The molecule has 78 heavy (non-hydrogen) atoms. The van der Waals surface area contributed by atoms with E-state index in [1.807, 2.05) is 0 Å². The van der Waals surface area contributed by atoms with E-state index in [0.717, 1.165) is 51.1 Å². The number of nitrogens with zero attached hydrogens (tertiary/aromatic N) is 2. The van der Waals surface area contributed by atoms with Crippen LogP contribution in [0.15, 0.2) is 182 Å². The minimum absolute atomic E-state index is 0.0314. The van der Waals surface area contributed by atoms with Crippen LogP contribution in [0.2, 0.25) is 0 Å². The van der Waals surface area contributed by atoms with Crippen LogP contribution in [-0.4, -0.2) is 19.9 Å². The van der Waals surface area contributed by atoms with Crippen LogP contribution in [0.5, 0.6) is 11.5 Å². The van der Waals surface area contributed by atoms with Crippen molar-refractivity contribution in [2.45, 2.75) is 112 Å². The van der Waals surface area contributed by atoms with E-state index in [1.54, 1.807) is 0 Å². The molecule has 12 rings (SSSR count). The summed E-state index contributed by atoms with van der Waals surface area (Å²) in [7, 11) is 0. The topological polar surface area (TPSA) is 24.9 Å². The lowest BCUT2D eigenvalue weighted by Gasteiger charge is -2.45. The maximum absolute atomic E-state index is 6.82. The average molecular weight is 1020 g/mol. The van der Waals surface area contributed by atoms with Gasteiger partial charge in [0.1, 0.15) is 18.9 Å². The summed E-state index contributed by atoms with van der Waals surface area (Å²) in [5, 5.41) is 0. The molecule has 0 saturated carbocycles. The predicted molar refractivity (Wildman–Crippen MR) is 333 cm³/mol. The second kappa shape index (κ2) is 18.7. The largest absolute Gasteiger partial charge is 0.486 e. The van der Waals surface area contributed by atoms with Gasteiger partial charge >= 0.3 is 0 Å². The molecule has 5 heteroatoms. The van der Waals surface area contributed by atoms with Crippen molar-refractivity contribution >= 4 is 57.2 Å². The molecule has 0 spiro atoms. The molecule has 0 unspecified atom stereocenters. The van der Waals surface area contributed by atoms with Crippen molar-refractivity contribution in [1.29, 1.82) is 0 Å². The summed E-state index contributed by atoms with van der Waals surface area (Å²) < 4.78 is 13.3. The van der Waals surface area contributed by atoms with Gasteiger partial charge in [0.2, 0.25) is 0 Å². The van der Waals surface area contributed by atoms with Crippen molar-refractivity contribution in [3.63, 3.8) is 0 Å². The van der Waals surface area contributed by atoms with Gasteiger partial charge in [0.25, 0.3) is 6.71 Å². The molecule has 0 amide bonds. The molecule has 0 saturated heterocycles. The molecule has 3 aliphatic rings. The van der Waals surface area contributed by atoms with E-state index in [1.165, 1.54) is 83.3 Å². The van der Waals surface area contributed by atoms with Crippen molar-refractivity contribution < 1.29 is 9.47 Å². The molecule has 0 aliphatic carbocycles. The third-order valence-electron chi connectivity index (χ3n) is 16.5. The Balaban J connectivity index is 1.17. The summed E-state index contributed by atoms with van der Waals surface area (Å²) in [6.45, 7) is 30.7. The van der Waals surface area contributed by atoms with Gasteiger partial charge in [-0.05, 0) is 166 Å². The molecule has 9 aromatic carbocycles. The highest BCUT2D eigenvalue weighted by Crippen LogP contribution is 2.54. The fourth-order valence-electron chi connectivity index (χ4n) is 12.0. The highest BCUT2D eigenvalue weighted by Gasteiger charge is 2.45. The number of aryl methyl sites for hydroxylation is 1. The number of hydrogen-bond acceptors (Lipinski definition) is 4. The van der Waals surface area contributed by atoms with E-state index in [9.17, 15) is 0 Å². The van der Waals surface area contributed by atoms with Crippen LogP contribution in [0, 0.1) is 6.92 Å². The van der Waals surface area contributed by atoms with Gasteiger partial charge in [-0.25, -0.2) is 0 Å². The van der Waals surface area contributed by atoms with Crippen LogP contribution in [0.25, 0.3) is 44.5 Å². The Morgan fingerprint density at radius 3 is 1.42 bits per heavy atom. The molecule has 3 heterocycles. The van der Waals surface area contributed by atoms with Crippen molar-refractivity contribution in [1.82, 2.24) is 0 Å². The van der Waals surface area contributed by atoms with E-state index >= 15 is 0 Å². The lowest BCUT2D eigenvalue weighted by atomic mass is 9.33. The molecule has 0 bridgehead atoms. The summed E-state index contributed by atoms with van der Waals surface area (Å²) in [6, 6.07) is 69.5. The number of benzene rings is 9. The van der Waals surface area contributed by atoms with Crippen LogP contribution < -0.4 is 35.7 Å². The summed E-state index contributed by atoms with van der Waals surface area (Å²) in [5.74, 6) is 1.53. The summed E-state index contributed by atoms with van der Waals surface area (Å²) >= 11 is 0. The number of rotatable bonds is 6. The second-order valence-electron chi connectivity index (χ2n) is 26.2. The molecule has 390 valence electrons. The normalized spacial score (nSPS) is 14.0. The maximum Gasteiger partial charge on any atom is 0.252 e. The molecule has 0 aromatic heterocycles. The first-order chi connectivity index (χ1) is 37.1. The van der Waals surface area contributed by atoms with Crippen molar-refractivity contribution in [3.8, 4) is 56.0 Å². The zero-order valence-corrected chi connectivity index (χ0v) is 48.0. The smallest absolute Gasteiger partial charge is 0.252 e. The Bertz CT molecular complexity index is 3700. The first-order valence-corrected chi connectivity index (χ1v) is 28.1. The number of hydrogen-bond donors (Lipinski definition) is 0. The van der Waals surface area contributed by atoms with E-state index in [0.29, 0.717) is 13.2 Å². The highest BCUT2D eigenvalue weighted by atomic mass is 16.6. The number of ether oxygens (including phenoxy) is 2. The van der Waals surface area contributed by atoms with Crippen LogP contribution in [0.3, 0.4) is 0 Å². The van der Waals surface area contributed by atoms with E-state index in [2.05, 4.69) is 282 Å². The standard InChI is InChI=1S/C73H73BN2O2/c1-46-39-64-67-65(40-46)76(68-59(50-17-15-14-16-18-50)33-36-66-69(68)78-38-37-77-66)62-35-32-57(73(11,12)13)45-61(62)74(67)60-34-25-51(47-19-26-54(27-20-47)70(2,3)4)44-63(60)75(64)58-42-52(48-21-28-55(29-22-48)71(5,6)7)41-53(43-58)49-23-30-56(31-24-49)72(8,9)10/h14-36,39-45H,37-38H2,1-13H3. The van der Waals surface area contributed by atoms with Gasteiger partial charge in [0, 0.05) is 34.0 Å². The number of fused-ring (bicyclic) bond motifs is 5. The Morgan fingerprint density at radius 1 is 0.372 bits per heavy atom. The maximum atomic E-state index is 6.82. The van der Waals surface area contributed by atoms with Gasteiger partial charge in [-0.15, -0.1) is 0 Å². The quantitative estimate of drug-likeness (QED) is 0.155. The van der Waals surface area contributed by atoms with Crippen molar-refractivity contribution in [3.05, 3.63) is 210 Å². The van der Waals surface area contributed by atoms with Crippen molar-refractivity contribution in [2.75, 3.05) is 23.0 Å². The molecule has 0 atom stereocenters. The zero-order chi connectivity index (χ0) is 54.6. The van der Waals surface area contributed by atoms with E-state index in [-0.39, 0.29) is 28.4 Å². The monoisotopic (exact) mass is 1020 g/mol. The molecule has 0 N–H and O–H groups in total. The van der Waals surface area contributed by atoms with Gasteiger partial charge in [-0.3, -0.25) is 0 Å². The van der Waals surface area contributed by atoms with Gasteiger partial charge in [0.05, 0.1) is 0 Å². The zero-order valence-electron chi connectivity index (χ0n) is 48.0. The van der Waals surface area contributed by atoms with Crippen molar-refractivity contribution in [2.24, 2.45) is 0 Å². The summed E-state index contributed by atoms with van der Waals surface area (Å²) in [5.41, 5.74) is 26.2. The first-order valence-electron chi connectivity index (χ1n) is 28.1. The summed E-state index contributed by atoms with van der Waals surface area (Å²) in [4.78, 5) is 5.11. The molecule has 0 radical (unpaired) electrons. The number of anilines is 6. The fraction of sp³-hybridized carbons (Fsp3) is 0.260. The van der Waals surface area contributed by atoms with Crippen LogP contribution in [0.1, 0.15) is 111 Å². The minimum atomic E-state index is -0.103. The lowest BCUT2D eigenvalue weighted by molar-refractivity contribution is 0.172. The van der Waals surface area contributed by atoms with Crippen LogP contribution in [-0.2, 0) is 21.7 Å². The third kappa shape index (κ3) is 9.09. The Morgan fingerprint density at radius 2 is 0.872 bits per heavy atom. The minimum Gasteiger partial charge on any atom is -0.486 e. The first kappa shape index (κ1) is 51.0. The Hall–Kier alpha value is -7.76. The molecule has 9 aromatic rings. The average Bonchev–Trinajstić information content (AvgIpc) is 2.63. The van der Waals surface area contributed by atoms with E-state index < -0.39 is 0 Å². The lowest BCUT2D eigenvalue weighted by Crippen LogP contribution is -2.61. The van der Waals surface area contributed by atoms with Gasteiger partial charge < -0.3 is 19.3 Å². The van der Waals surface area contributed by atoms with Gasteiger partial charge in [-0.2, -0.15) is 0 Å². The molecule has 0 fully saturated rings. The highest BCUT2D eigenvalue weighted by molar-refractivity contribution is 7.00. The molecule has 4 nitrogen and oxygen atoms in total. The van der Waals surface area contributed by atoms with E-state index in [4.69, 9.17) is 9.47 Å². The molecular weight excluding hydrogens is 948 g/mol. The van der Waals surface area contributed by atoms with Crippen LogP contribution >= 0.6 is 0 Å². The third-order valence-corrected chi connectivity index (χ3v) is 16.5. The molecular formula is C73H73BN2O2. The molecule has 3 aliphatic heterocycles. The summed E-state index contributed by atoms with van der Waals surface area (Å²) in [6.07, 6.45) is 0.